The Bertz CT molecular complexity index is 704. The Morgan fingerprint density at radius 3 is 3.00 bits per heavy atom. The van der Waals surface area contributed by atoms with E-state index in [1.54, 1.807) is 24.5 Å². The molecule has 0 saturated heterocycles. The second-order valence-corrected chi connectivity index (χ2v) is 5.10. The first kappa shape index (κ1) is 14.3. The summed E-state index contributed by atoms with van der Waals surface area (Å²) in [4.78, 5) is 31.5. The summed E-state index contributed by atoms with van der Waals surface area (Å²) < 4.78 is 5.30. The number of hydrogen-bond acceptors (Lipinski definition) is 4. The third-order valence-corrected chi connectivity index (χ3v) is 3.60. The van der Waals surface area contributed by atoms with Crippen molar-refractivity contribution in [2.75, 3.05) is 11.9 Å². The number of carbonyl (C=O) groups excluding carboxylic acids is 2. The molecule has 6 heteroatoms. The summed E-state index contributed by atoms with van der Waals surface area (Å²) in [5.41, 5.74) is 1.76. The maximum Gasteiger partial charge on any atom is 0.259 e. The molecule has 1 amide bonds. The van der Waals surface area contributed by atoms with Gasteiger partial charge in [0.05, 0.1) is 23.9 Å². The molecule has 0 spiro atoms. The van der Waals surface area contributed by atoms with Crippen LogP contribution >= 0.6 is 0 Å². The summed E-state index contributed by atoms with van der Waals surface area (Å²) in [5.74, 6) is 0.762. The molecule has 2 aromatic heterocycles. The van der Waals surface area contributed by atoms with Crippen LogP contribution in [0.25, 0.3) is 0 Å². The number of Topliss-reactive ketones (excluding diaryl/α,β-unsaturated/α-hetero) is 1. The highest BCUT2D eigenvalue weighted by molar-refractivity contribution is 6.13. The highest BCUT2D eigenvalue weighted by Gasteiger charge is 2.25. The number of pyridine rings is 1. The van der Waals surface area contributed by atoms with Gasteiger partial charge in [-0.2, -0.15) is 0 Å². The third kappa shape index (κ3) is 2.72. The summed E-state index contributed by atoms with van der Waals surface area (Å²) in [6.07, 6.45) is 5.27. The van der Waals surface area contributed by atoms with E-state index in [4.69, 9.17) is 4.74 Å². The lowest BCUT2D eigenvalue weighted by Gasteiger charge is -2.11. The standard InChI is InChI=1S/C16H17N3O3/c1-2-22-10-6-7-14(18-8-10)19-16(21)11-9-17-12-4-3-5-13(20)15(11)12/h6-9,17H,2-5H2,1H3,(H,18,19,21). The summed E-state index contributed by atoms with van der Waals surface area (Å²) in [6, 6.07) is 3.41. The number of anilines is 1. The normalized spacial score (nSPS) is 13.6. The van der Waals surface area contributed by atoms with Crippen molar-refractivity contribution in [1.82, 2.24) is 9.97 Å². The van der Waals surface area contributed by atoms with Crippen molar-refractivity contribution in [2.45, 2.75) is 26.2 Å². The monoisotopic (exact) mass is 299 g/mol. The first-order chi connectivity index (χ1) is 10.7. The quantitative estimate of drug-likeness (QED) is 0.908. The first-order valence-electron chi connectivity index (χ1n) is 7.32. The molecule has 114 valence electrons. The minimum atomic E-state index is -0.329. The second kappa shape index (κ2) is 6.01. The maximum absolute atomic E-state index is 12.3. The zero-order valence-corrected chi connectivity index (χ0v) is 12.3. The third-order valence-electron chi connectivity index (χ3n) is 3.60. The smallest absolute Gasteiger partial charge is 0.259 e. The Labute approximate surface area is 127 Å². The second-order valence-electron chi connectivity index (χ2n) is 5.10. The van der Waals surface area contributed by atoms with E-state index in [-0.39, 0.29) is 11.7 Å². The number of nitrogens with one attached hydrogen (secondary N) is 2. The van der Waals surface area contributed by atoms with E-state index in [1.807, 2.05) is 6.92 Å². The molecule has 0 atom stereocenters. The van der Waals surface area contributed by atoms with Gasteiger partial charge in [0.2, 0.25) is 0 Å². The van der Waals surface area contributed by atoms with E-state index >= 15 is 0 Å². The van der Waals surface area contributed by atoms with Crippen LogP contribution in [-0.2, 0) is 6.42 Å². The minimum absolute atomic E-state index is 0.0207. The van der Waals surface area contributed by atoms with Crippen LogP contribution in [0.15, 0.2) is 24.5 Å². The van der Waals surface area contributed by atoms with Crippen molar-refractivity contribution >= 4 is 17.5 Å². The molecule has 1 aliphatic rings. The lowest BCUT2D eigenvalue weighted by molar-refractivity contribution is 0.0956. The van der Waals surface area contributed by atoms with Gasteiger partial charge in [-0.05, 0) is 31.9 Å². The number of ketones is 1. The van der Waals surface area contributed by atoms with E-state index in [0.717, 1.165) is 18.5 Å². The Kier molecular flexibility index (Phi) is 3.91. The number of H-pyrrole nitrogens is 1. The Hall–Kier alpha value is -2.63. The van der Waals surface area contributed by atoms with Gasteiger partial charge in [0.15, 0.2) is 5.78 Å². The van der Waals surface area contributed by atoms with Gasteiger partial charge in [0.1, 0.15) is 11.6 Å². The van der Waals surface area contributed by atoms with Gasteiger partial charge >= 0.3 is 0 Å². The Balaban J connectivity index is 1.77. The zero-order valence-electron chi connectivity index (χ0n) is 12.3. The lowest BCUT2D eigenvalue weighted by atomic mass is 9.93. The van der Waals surface area contributed by atoms with E-state index in [9.17, 15) is 9.59 Å². The maximum atomic E-state index is 12.3. The van der Waals surface area contributed by atoms with Crippen LogP contribution in [0, 0.1) is 0 Å². The van der Waals surface area contributed by atoms with Crippen molar-refractivity contribution in [2.24, 2.45) is 0 Å². The molecule has 6 nitrogen and oxygen atoms in total. The highest BCUT2D eigenvalue weighted by Crippen LogP contribution is 2.24. The summed E-state index contributed by atoms with van der Waals surface area (Å²) in [5, 5.41) is 2.71. The van der Waals surface area contributed by atoms with E-state index in [1.165, 1.54) is 0 Å². The molecule has 0 saturated carbocycles. The molecular weight excluding hydrogens is 282 g/mol. The van der Waals surface area contributed by atoms with Crippen LogP contribution in [-0.4, -0.2) is 28.3 Å². The molecule has 1 aliphatic carbocycles. The van der Waals surface area contributed by atoms with Crippen molar-refractivity contribution in [1.29, 1.82) is 0 Å². The molecule has 0 aromatic carbocycles. The molecule has 3 rings (SSSR count). The van der Waals surface area contributed by atoms with Crippen molar-refractivity contribution in [3.8, 4) is 5.75 Å². The number of hydrogen-bond donors (Lipinski definition) is 2. The average molecular weight is 299 g/mol. The predicted octanol–water partition coefficient (Wildman–Crippen LogP) is 2.58. The van der Waals surface area contributed by atoms with Crippen molar-refractivity contribution < 1.29 is 14.3 Å². The molecule has 0 bridgehead atoms. The summed E-state index contributed by atoms with van der Waals surface area (Å²) in [6.45, 7) is 2.45. The van der Waals surface area contributed by atoms with Gasteiger partial charge in [0.25, 0.3) is 5.91 Å². The van der Waals surface area contributed by atoms with Gasteiger partial charge in [-0.3, -0.25) is 9.59 Å². The number of fused-ring (bicyclic) bond motifs is 1. The fraction of sp³-hybridized carbons (Fsp3) is 0.312. The molecule has 0 aliphatic heterocycles. The van der Waals surface area contributed by atoms with E-state index in [2.05, 4.69) is 15.3 Å². The van der Waals surface area contributed by atoms with Crippen molar-refractivity contribution in [3.63, 3.8) is 0 Å². The fourth-order valence-electron chi connectivity index (χ4n) is 2.60. The number of aryl methyl sites for hydroxylation is 1. The van der Waals surface area contributed by atoms with Crippen LogP contribution in [0.3, 0.4) is 0 Å². The zero-order chi connectivity index (χ0) is 15.5. The Morgan fingerprint density at radius 2 is 2.27 bits per heavy atom. The number of amides is 1. The molecule has 0 radical (unpaired) electrons. The van der Waals surface area contributed by atoms with Crippen LogP contribution in [0.4, 0.5) is 5.82 Å². The molecule has 2 heterocycles. The van der Waals surface area contributed by atoms with Crippen LogP contribution < -0.4 is 10.1 Å². The summed E-state index contributed by atoms with van der Waals surface area (Å²) in [7, 11) is 0. The average Bonchev–Trinajstić information content (AvgIpc) is 2.95. The van der Waals surface area contributed by atoms with Crippen molar-refractivity contribution in [3.05, 3.63) is 41.3 Å². The van der Waals surface area contributed by atoms with Crippen LogP contribution in [0.5, 0.6) is 5.75 Å². The van der Waals surface area contributed by atoms with Gasteiger partial charge < -0.3 is 15.0 Å². The van der Waals surface area contributed by atoms with Gasteiger partial charge in [-0.25, -0.2) is 4.98 Å². The Morgan fingerprint density at radius 1 is 1.41 bits per heavy atom. The molecule has 0 fully saturated rings. The topological polar surface area (TPSA) is 84.1 Å². The summed E-state index contributed by atoms with van der Waals surface area (Å²) >= 11 is 0. The molecule has 22 heavy (non-hydrogen) atoms. The minimum Gasteiger partial charge on any atom is -0.492 e. The molecular formula is C16H17N3O3. The van der Waals surface area contributed by atoms with Gasteiger partial charge in [-0.15, -0.1) is 0 Å². The van der Waals surface area contributed by atoms with E-state index in [0.29, 0.717) is 35.7 Å². The number of ether oxygens (including phenoxy) is 1. The molecule has 2 aromatic rings. The highest BCUT2D eigenvalue weighted by atomic mass is 16.5. The van der Waals surface area contributed by atoms with E-state index < -0.39 is 0 Å². The largest absolute Gasteiger partial charge is 0.492 e. The van der Waals surface area contributed by atoms with Gasteiger partial charge in [0, 0.05) is 18.3 Å². The first-order valence-corrected chi connectivity index (χ1v) is 7.32. The number of aromatic amines is 1. The predicted molar refractivity (Wildman–Crippen MR) is 81.4 cm³/mol. The van der Waals surface area contributed by atoms with Gasteiger partial charge in [-0.1, -0.05) is 0 Å². The number of aromatic nitrogens is 2. The number of rotatable bonds is 4. The number of nitrogens with zero attached hydrogens (tertiary/aromatic N) is 1. The van der Waals surface area contributed by atoms with Crippen LogP contribution in [0.1, 0.15) is 46.2 Å². The van der Waals surface area contributed by atoms with Crippen LogP contribution in [0.2, 0.25) is 0 Å². The molecule has 0 unspecified atom stereocenters. The molecule has 2 N–H and O–H groups in total. The lowest BCUT2D eigenvalue weighted by Crippen LogP contribution is -2.18. The fourth-order valence-corrected chi connectivity index (χ4v) is 2.60. The number of carbonyl (C=O) groups is 2. The SMILES string of the molecule is CCOc1ccc(NC(=O)c2c[nH]c3c2C(=O)CCC3)nc1.